The molecule has 0 bridgehead atoms. The third-order valence-electron chi connectivity index (χ3n) is 1.64. The summed E-state index contributed by atoms with van der Waals surface area (Å²) in [6.07, 6.45) is 1.84. The molecular weight excluding hydrogens is 200 g/mol. The zero-order valence-corrected chi connectivity index (χ0v) is 8.52. The van der Waals surface area contributed by atoms with Crippen molar-refractivity contribution >= 4 is 11.9 Å². The summed E-state index contributed by atoms with van der Waals surface area (Å²) in [5.41, 5.74) is 0.0707. The predicted octanol–water partition coefficient (Wildman–Crippen LogP) is 1.41. The first kappa shape index (κ1) is 13.2. The predicted molar refractivity (Wildman–Crippen MR) is 53.4 cm³/mol. The van der Waals surface area contributed by atoms with Gasteiger partial charge in [-0.15, -0.1) is 0 Å². The van der Waals surface area contributed by atoms with Crippen LogP contribution in [-0.4, -0.2) is 28.8 Å². The van der Waals surface area contributed by atoms with Gasteiger partial charge in [0.25, 0.3) is 0 Å². The fourth-order valence-electron chi connectivity index (χ4n) is 0.749. The number of carboxylic acids is 1. The molecule has 5 nitrogen and oxygen atoms in total. The maximum absolute atomic E-state index is 10.9. The van der Waals surface area contributed by atoms with Crippen molar-refractivity contribution in [3.05, 3.63) is 24.0 Å². The smallest absolute Gasteiger partial charge is 0.373 e. The molecule has 84 valence electrons. The van der Waals surface area contributed by atoms with Gasteiger partial charge in [-0.05, 0) is 25.8 Å². The van der Waals surface area contributed by atoms with Crippen molar-refractivity contribution in [1.82, 2.24) is 0 Å². The molecule has 0 aromatic carbocycles. The first-order chi connectivity index (χ1) is 6.99. The molecule has 0 spiro atoms. The van der Waals surface area contributed by atoms with Crippen LogP contribution in [0.2, 0.25) is 0 Å². The molecule has 0 saturated carbocycles. The van der Waals surface area contributed by atoms with E-state index >= 15 is 0 Å². The Kier molecular flexibility index (Phi) is 5.85. The second-order valence-corrected chi connectivity index (χ2v) is 2.82. The average molecular weight is 214 g/mol. The molecule has 0 saturated heterocycles. The van der Waals surface area contributed by atoms with Crippen LogP contribution in [-0.2, 0) is 14.3 Å². The molecule has 0 unspecified atom stereocenters. The Balaban J connectivity index is 3.69. The van der Waals surface area contributed by atoms with Crippen molar-refractivity contribution in [3.63, 3.8) is 0 Å². The minimum Gasteiger partial charge on any atom is -0.502 e. The minimum absolute atomic E-state index is 0.0586. The number of hydrogen-bond donors (Lipinski definition) is 2. The summed E-state index contributed by atoms with van der Waals surface area (Å²) in [6.45, 7) is 4.88. The number of allylic oxidation sites excluding steroid dienone is 1. The van der Waals surface area contributed by atoms with Gasteiger partial charge in [0.05, 0.1) is 6.61 Å². The number of aliphatic hydroxyl groups excluding tert-OH is 1. The lowest BCUT2D eigenvalue weighted by atomic mass is 10.2. The van der Waals surface area contributed by atoms with E-state index in [1.54, 1.807) is 0 Å². The van der Waals surface area contributed by atoms with Crippen molar-refractivity contribution in [2.45, 2.75) is 19.8 Å². The maximum Gasteiger partial charge on any atom is 0.373 e. The Morgan fingerprint density at radius 2 is 2.00 bits per heavy atom. The largest absolute Gasteiger partial charge is 0.502 e. The molecule has 0 aliphatic heterocycles. The number of aliphatic carboxylic acids is 1. The van der Waals surface area contributed by atoms with Crippen LogP contribution in [0.25, 0.3) is 0 Å². The zero-order valence-electron chi connectivity index (χ0n) is 8.52. The minimum atomic E-state index is -1.06. The van der Waals surface area contributed by atoms with Crippen LogP contribution in [0.4, 0.5) is 0 Å². The molecule has 0 aromatic rings. The quantitative estimate of drug-likeness (QED) is 0.302. The molecule has 5 heteroatoms. The lowest BCUT2D eigenvalue weighted by molar-refractivity contribution is -0.142. The van der Waals surface area contributed by atoms with Crippen molar-refractivity contribution in [2.75, 3.05) is 6.61 Å². The third-order valence-corrected chi connectivity index (χ3v) is 1.64. The van der Waals surface area contributed by atoms with Crippen LogP contribution in [0.1, 0.15) is 19.8 Å². The summed E-state index contributed by atoms with van der Waals surface area (Å²) in [7, 11) is 0. The zero-order chi connectivity index (χ0) is 11.8. The highest BCUT2D eigenvalue weighted by Crippen LogP contribution is 2.03. The Hall–Kier alpha value is -1.78. The lowest BCUT2D eigenvalue weighted by Gasteiger charge is -2.03. The summed E-state index contributed by atoms with van der Waals surface area (Å²) in [4.78, 5) is 21.2. The molecule has 0 aromatic heterocycles. The number of carboxylic acid groups (broad SMARTS) is 1. The number of rotatable bonds is 6. The number of ether oxygens (including phenoxy) is 1. The topological polar surface area (TPSA) is 83.8 Å². The molecule has 0 radical (unpaired) electrons. The molecule has 0 heterocycles. The normalized spacial score (nSPS) is 10.9. The van der Waals surface area contributed by atoms with Crippen LogP contribution < -0.4 is 0 Å². The lowest BCUT2D eigenvalue weighted by Crippen LogP contribution is -2.09. The van der Waals surface area contributed by atoms with E-state index in [4.69, 9.17) is 10.2 Å². The Labute approximate surface area is 87.7 Å². The molecule has 15 heavy (non-hydrogen) atoms. The number of carbonyl (C=O) groups excluding carboxylic acids is 1. The molecule has 2 N–H and O–H groups in total. The first-order valence-corrected chi connectivity index (χ1v) is 4.42. The highest BCUT2D eigenvalue weighted by Gasteiger charge is 2.08. The molecule has 0 atom stereocenters. The van der Waals surface area contributed by atoms with E-state index in [0.29, 0.717) is 6.42 Å². The van der Waals surface area contributed by atoms with E-state index in [-0.39, 0.29) is 18.6 Å². The number of esters is 1. The monoisotopic (exact) mass is 214 g/mol. The SMILES string of the molecule is C=C(CCCOC(=O)C(O)=CC)C(=O)O. The van der Waals surface area contributed by atoms with Gasteiger partial charge in [0.1, 0.15) is 0 Å². The highest BCUT2D eigenvalue weighted by molar-refractivity contribution is 5.86. The van der Waals surface area contributed by atoms with Gasteiger partial charge in [-0.3, -0.25) is 0 Å². The summed E-state index contributed by atoms with van der Waals surface area (Å²) in [5, 5.41) is 17.4. The molecule has 0 rings (SSSR count). The Bertz CT molecular complexity index is 290. The molecule has 0 aliphatic carbocycles. The van der Waals surface area contributed by atoms with Crippen molar-refractivity contribution in [3.8, 4) is 0 Å². The van der Waals surface area contributed by atoms with E-state index in [2.05, 4.69) is 11.3 Å². The fourth-order valence-corrected chi connectivity index (χ4v) is 0.749. The standard InChI is InChI=1S/C10H14O5/c1-3-8(11)10(14)15-6-4-5-7(2)9(12)13/h3,11H,2,4-6H2,1H3,(H,12,13). The van der Waals surface area contributed by atoms with Crippen LogP contribution in [0.5, 0.6) is 0 Å². The summed E-state index contributed by atoms with van der Waals surface area (Å²) in [5.74, 6) is -2.32. The van der Waals surface area contributed by atoms with Gasteiger partial charge in [0, 0.05) is 5.57 Å². The van der Waals surface area contributed by atoms with Gasteiger partial charge in [0.2, 0.25) is 0 Å². The molecular formula is C10H14O5. The van der Waals surface area contributed by atoms with Crippen molar-refractivity contribution < 1.29 is 24.5 Å². The van der Waals surface area contributed by atoms with Crippen molar-refractivity contribution in [2.24, 2.45) is 0 Å². The van der Waals surface area contributed by atoms with Gasteiger partial charge >= 0.3 is 11.9 Å². The van der Waals surface area contributed by atoms with E-state index in [0.717, 1.165) is 0 Å². The number of aliphatic hydroxyl groups is 1. The second-order valence-electron chi connectivity index (χ2n) is 2.82. The van der Waals surface area contributed by atoms with Gasteiger partial charge in [-0.1, -0.05) is 6.58 Å². The first-order valence-electron chi connectivity index (χ1n) is 4.42. The Morgan fingerprint density at radius 1 is 1.40 bits per heavy atom. The Morgan fingerprint density at radius 3 is 2.47 bits per heavy atom. The molecule has 0 amide bonds. The summed E-state index contributed by atoms with van der Waals surface area (Å²) < 4.78 is 4.63. The van der Waals surface area contributed by atoms with Crippen LogP contribution in [0.15, 0.2) is 24.0 Å². The highest BCUT2D eigenvalue weighted by atomic mass is 16.5. The number of carbonyl (C=O) groups is 2. The van der Waals surface area contributed by atoms with Gasteiger partial charge < -0.3 is 14.9 Å². The van der Waals surface area contributed by atoms with Gasteiger partial charge in [-0.2, -0.15) is 0 Å². The second kappa shape index (κ2) is 6.64. The molecule has 0 aliphatic rings. The number of hydrogen-bond acceptors (Lipinski definition) is 4. The van der Waals surface area contributed by atoms with Crippen LogP contribution >= 0.6 is 0 Å². The summed E-state index contributed by atoms with van der Waals surface area (Å²) >= 11 is 0. The van der Waals surface area contributed by atoms with Crippen LogP contribution in [0, 0.1) is 0 Å². The fraction of sp³-hybridized carbons (Fsp3) is 0.400. The van der Waals surface area contributed by atoms with E-state index in [1.165, 1.54) is 13.0 Å². The van der Waals surface area contributed by atoms with E-state index in [9.17, 15) is 9.59 Å². The van der Waals surface area contributed by atoms with Crippen molar-refractivity contribution in [1.29, 1.82) is 0 Å². The maximum atomic E-state index is 10.9. The average Bonchev–Trinajstić information content (AvgIpc) is 2.22. The van der Waals surface area contributed by atoms with E-state index in [1.807, 2.05) is 0 Å². The van der Waals surface area contributed by atoms with Gasteiger partial charge in [0.15, 0.2) is 5.76 Å². The van der Waals surface area contributed by atoms with Gasteiger partial charge in [-0.25, -0.2) is 9.59 Å². The van der Waals surface area contributed by atoms with Crippen LogP contribution in [0.3, 0.4) is 0 Å². The molecule has 0 fully saturated rings. The third kappa shape index (κ3) is 5.51. The van der Waals surface area contributed by atoms with E-state index < -0.39 is 17.7 Å². The summed E-state index contributed by atoms with van der Waals surface area (Å²) in [6, 6.07) is 0.